The van der Waals surface area contributed by atoms with Crippen LogP contribution >= 0.6 is 15.9 Å². The van der Waals surface area contributed by atoms with Crippen LogP contribution in [0.2, 0.25) is 0 Å². The van der Waals surface area contributed by atoms with E-state index in [9.17, 15) is 13.2 Å². The van der Waals surface area contributed by atoms with Crippen molar-refractivity contribution in [3.63, 3.8) is 0 Å². The minimum atomic E-state index is -3.48. The zero-order chi connectivity index (χ0) is 20.5. The van der Waals surface area contributed by atoms with Crippen LogP contribution < -0.4 is 5.32 Å². The molecular formula is C19H19BrN4O3S. The topological polar surface area (TPSA) is 84.3 Å². The number of sulfonamides is 1. The van der Waals surface area contributed by atoms with Crippen LogP contribution in [0.25, 0.3) is 5.69 Å². The zero-order valence-electron chi connectivity index (χ0n) is 15.5. The van der Waals surface area contributed by atoms with Gasteiger partial charge in [-0.1, -0.05) is 15.9 Å². The Labute approximate surface area is 172 Å². The molecule has 1 aromatic heterocycles. The number of imidazole rings is 1. The maximum Gasteiger partial charge on any atom is 0.275 e. The first-order valence-electron chi connectivity index (χ1n) is 8.33. The Bertz CT molecular complexity index is 1120. The second-order valence-electron chi connectivity index (χ2n) is 6.37. The van der Waals surface area contributed by atoms with E-state index >= 15 is 0 Å². The Morgan fingerprint density at radius 1 is 1.14 bits per heavy atom. The van der Waals surface area contributed by atoms with Crippen molar-refractivity contribution in [2.24, 2.45) is 0 Å². The Morgan fingerprint density at radius 3 is 2.43 bits per heavy atom. The Morgan fingerprint density at radius 2 is 1.82 bits per heavy atom. The fraction of sp³-hybridized carbons (Fsp3) is 0.158. The van der Waals surface area contributed by atoms with Gasteiger partial charge in [-0.15, -0.1) is 0 Å². The molecule has 0 aliphatic rings. The Balaban J connectivity index is 1.78. The highest BCUT2D eigenvalue weighted by Crippen LogP contribution is 2.21. The van der Waals surface area contributed by atoms with E-state index in [1.807, 2.05) is 19.1 Å². The van der Waals surface area contributed by atoms with Gasteiger partial charge in [0.2, 0.25) is 10.0 Å². The number of carbonyl (C=O) groups excluding carboxylic acids is 1. The number of anilines is 1. The summed E-state index contributed by atoms with van der Waals surface area (Å²) >= 11 is 3.43. The highest BCUT2D eigenvalue weighted by Gasteiger charge is 2.17. The van der Waals surface area contributed by atoms with E-state index in [0.717, 1.165) is 14.3 Å². The van der Waals surface area contributed by atoms with Crippen molar-refractivity contribution in [1.82, 2.24) is 13.9 Å². The lowest BCUT2D eigenvalue weighted by molar-refractivity contribution is 0.102. The van der Waals surface area contributed by atoms with E-state index in [4.69, 9.17) is 0 Å². The van der Waals surface area contributed by atoms with Crippen molar-refractivity contribution in [2.75, 3.05) is 19.4 Å². The highest BCUT2D eigenvalue weighted by molar-refractivity contribution is 9.10. The van der Waals surface area contributed by atoms with Gasteiger partial charge in [0.1, 0.15) is 12.0 Å². The van der Waals surface area contributed by atoms with Crippen LogP contribution in [-0.2, 0) is 10.0 Å². The van der Waals surface area contributed by atoms with Gasteiger partial charge in [0.05, 0.1) is 4.90 Å². The summed E-state index contributed by atoms with van der Waals surface area (Å²) in [7, 11) is -0.518. The van der Waals surface area contributed by atoms with Crippen LogP contribution in [0, 0.1) is 6.92 Å². The minimum absolute atomic E-state index is 0.199. The summed E-state index contributed by atoms with van der Waals surface area (Å²) < 4.78 is 28.1. The molecule has 0 unspecified atom stereocenters. The summed E-state index contributed by atoms with van der Waals surface area (Å²) in [6.07, 6.45) is 3.10. The molecule has 0 radical (unpaired) electrons. The molecule has 3 aromatic rings. The molecule has 1 amide bonds. The standard InChI is InChI=1S/C19H19BrN4O3S/c1-13-10-14(4-9-17(13)20)22-19(25)18-11-24(12-21-18)15-5-7-16(8-6-15)28(26,27)23(2)3/h4-12H,1-3H3,(H,22,25). The number of aromatic nitrogens is 2. The molecule has 146 valence electrons. The lowest BCUT2D eigenvalue weighted by atomic mass is 10.2. The summed E-state index contributed by atoms with van der Waals surface area (Å²) in [6.45, 7) is 1.94. The molecule has 0 atom stereocenters. The van der Waals surface area contributed by atoms with E-state index in [-0.39, 0.29) is 16.5 Å². The normalized spacial score (nSPS) is 11.6. The summed E-state index contributed by atoms with van der Waals surface area (Å²) in [5, 5.41) is 2.81. The average molecular weight is 463 g/mol. The maximum atomic E-state index is 12.4. The van der Waals surface area contributed by atoms with Crippen molar-refractivity contribution in [3.8, 4) is 5.69 Å². The molecule has 28 heavy (non-hydrogen) atoms. The molecule has 0 aliphatic heterocycles. The third kappa shape index (κ3) is 4.16. The van der Waals surface area contributed by atoms with Crippen LogP contribution in [0.3, 0.4) is 0 Å². The molecule has 0 spiro atoms. The van der Waals surface area contributed by atoms with Crippen molar-refractivity contribution < 1.29 is 13.2 Å². The number of halogens is 1. The third-order valence-electron chi connectivity index (χ3n) is 4.14. The predicted octanol–water partition coefficient (Wildman–Crippen LogP) is 3.45. The van der Waals surface area contributed by atoms with Crippen molar-refractivity contribution in [2.45, 2.75) is 11.8 Å². The number of aryl methyl sites for hydroxylation is 1. The van der Waals surface area contributed by atoms with Gasteiger partial charge in [0.15, 0.2) is 0 Å². The average Bonchev–Trinajstić information content (AvgIpc) is 3.15. The number of hydrogen-bond donors (Lipinski definition) is 1. The molecule has 0 fully saturated rings. The molecule has 9 heteroatoms. The quantitative estimate of drug-likeness (QED) is 0.629. The van der Waals surface area contributed by atoms with Gasteiger partial charge in [-0.25, -0.2) is 17.7 Å². The summed E-state index contributed by atoms with van der Waals surface area (Å²) in [6, 6.07) is 11.9. The van der Waals surface area contributed by atoms with Crippen LogP contribution in [0.1, 0.15) is 16.1 Å². The van der Waals surface area contributed by atoms with E-state index in [1.54, 1.807) is 29.0 Å². The summed E-state index contributed by atoms with van der Waals surface area (Å²) in [4.78, 5) is 16.8. The predicted molar refractivity (Wildman–Crippen MR) is 111 cm³/mol. The molecule has 0 bridgehead atoms. The highest BCUT2D eigenvalue weighted by atomic mass is 79.9. The number of nitrogens with zero attached hydrogens (tertiary/aromatic N) is 3. The smallest absolute Gasteiger partial charge is 0.275 e. The van der Waals surface area contributed by atoms with Gasteiger partial charge in [-0.2, -0.15) is 0 Å². The second kappa shape index (κ2) is 7.86. The first-order valence-corrected chi connectivity index (χ1v) is 10.6. The third-order valence-corrected chi connectivity index (χ3v) is 6.86. The van der Waals surface area contributed by atoms with E-state index < -0.39 is 10.0 Å². The molecule has 3 rings (SSSR count). The first-order chi connectivity index (χ1) is 13.2. The lowest BCUT2D eigenvalue weighted by Crippen LogP contribution is -2.22. The maximum absolute atomic E-state index is 12.4. The van der Waals surface area contributed by atoms with Crippen LogP contribution in [0.4, 0.5) is 5.69 Å². The zero-order valence-corrected chi connectivity index (χ0v) is 18.0. The van der Waals surface area contributed by atoms with E-state index in [2.05, 4.69) is 26.2 Å². The molecule has 1 N–H and O–H groups in total. The fourth-order valence-corrected chi connectivity index (χ4v) is 3.65. The fourth-order valence-electron chi connectivity index (χ4n) is 2.50. The number of benzene rings is 2. The SMILES string of the molecule is Cc1cc(NC(=O)c2cn(-c3ccc(S(=O)(=O)N(C)C)cc3)cn2)ccc1Br. The van der Waals surface area contributed by atoms with Crippen molar-refractivity contribution >= 4 is 37.5 Å². The van der Waals surface area contributed by atoms with Gasteiger partial charge in [-0.05, 0) is 55.0 Å². The van der Waals surface area contributed by atoms with Gasteiger partial charge in [0, 0.05) is 36.1 Å². The Kier molecular flexibility index (Phi) is 5.69. The number of rotatable bonds is 5. The van der Waals surface area contributed by atoms with Crippen molar-refractivity contribution in [3.05, 3.63) is 70.7 Å². The number of carbonyl (C=O) groups is 1. The van der Waals surface area contributed by atoms with Gasteiger partial charge in [-0.3, -0.25) is 4.79 Å². The van der Waals surface area contributed by atoms with Gasteiger partial charge >= 0.3 is 0 Å². The molecule has 0 saturated heterocycles. The second-order valence-corrected chi connectivity index (χ2v) is 9.37. The molecule has 7 nitrogen and oxygen atoms in total. The minimum Gasteiger partial charge on any atom is -0.321 e. The summed E-state index contributed by atoms with van der Waals surface area (Å²) in [5.41, 5.74) is 2.64. The number of amides is 1. The van der Waals surface area contributed by atoms with E-state index in [1.165, 1.54) is 32.6 Å². The van der Waals surface area contributed by atoms with Crippen LogP contribution in [-0.4, -0.2) is 42.3 Å². The largest absolute Gasteiger partial charge is 0.321 e. The number of hydrogen-bond acceptors (Lipinski definition) is 4. The van der Waals surface area contributed by atoms with Crippen LogP contribution in [0.5, 0.6) is 0 Å². The molecule has 2 aromatic carbocycles. The van der Waals surface area contributed by atoms with Gasteiger partial charge in [0.25, 0.3) is 5.91 Å². The van der Waals surface area contributed by atoms with Crippen molar-refractivity contribution in [1.29, 1.82) is 0 Å². The molecular weight excluding hydrogens is 444 g/mol. The molecule has 0 saturated carbocycles. The summed E-state index contributed by atoms with van der Waals surface area (Å²) in [5.74, 6) is -0.327. The van der Waals surface area contributed by atoms with Gasteiger partial charge < -0.3 is 9.88 Å². The number of nitrogens with one attached hydrogen (secondary N) is 1. The monoisotopic (exact) mass is 462 g/mol. The van der Waals surface area contributed by atoms with E-state index in [0.29, 0.717) is 11.4 Å². The molecule has 0 aliphatic carbocycles. The lowest BCUT2D eigenvalue weighted by Gasteiger charge is -2.11. The molecule has 1 heterocycles. The Hall–Kier alpha value is -2.49. The van der Waals surface area contributed by atoms with Crippen LogP contribution in [0.15, 0.2) is 64.4 Å². The first kappa shape index (κ1) is 20.2.